The van der Waals surface area contributed by atoms with Gasteiger partial charge in [-0.05, 0) is 35.7 Å². The van der Waals surface area contributed by atoms with E-state index >= 15 is 0 Å². The van der Waals surface area contributed by atoms with Crippen molar-refractivity contribution in [2.45, 2.75) is 4.90 Å². The fourth-order valence-electron chi connectivity index (χ4n) is 2.47. The number of benzene rings is 2. The third-order valence-electron chi connectivity index (χ3n) is 3.91. The van der Waals surface area contributed by atoms with Crippen LogP contribution in [0.25, 0.3) is 10.4 Å². The van der Waals surface area contributed by atoms with Crippen LogP contribution in [0, 0.1) is 0 Å². The molecule has 27 heavy (non-hydrogen) atoms. The Kier molecular flexibility index (Phi) is 5.67. The van der Waals surface area contributed by atoms with Crippen molar-refractivity contribution in [1.29, 1.82) is 0 Å². The number of hydrogen-bond acceptors (Lipinski definition) is 4. The van der Waals surface area contributed by atoms with Gasteiger partial charge in [-0.2, -0.15) is 0 Å². The van der Waals surface area contributed by atoms with E-state index in [9.17, 15) is 13.2 Å². The van der Waals surface area contributed by atoms with Crippen molar-refractivity contribution in [3.63, 3.8) is 0 Å². The van der Waals surface area contributed by atoms with E-state index in [1.807, 2.05) is 35.7 Å². The smallest absolute Gasteiger partial charge is 0.255 e. The van der Waals surface area contributed by atoms with Crippen LogP contribution in [-0.4, -0.2) is 32.7 Å². The van der Waals surface area contributed by atoms with Gasteiger partial charge in [0.1, 0.15) is 4.90 Å². The predicted molar refractivity (Wildman–Crippen MR) is 110 cm³/mol. The van der Waals surface area contributed by atoms with Crippen LogP contribution in [0.1, 0.15) is 10.4 Å². The molecule has 8 heteroatoms. The minimum Gasteiger partial charge on any atom is -0.321 e. The highest BCUT2D eigenvalue weighted by Crippen LogP contribution is 2.32. The van der Waals surface area contributed by atoms with E-state index in [0.29, 0.717) is 5.69 Å². The Morgan fingerprint density at radius 3 is 2.48 bits per heavy atom. The molecule has 1 amide bonds. The molecule has 0 aliphatic rings. The SMILES string of the molecule is CN(C)S(=O)(=O)c1cc(C(=O)Nc2ccccc2-c2cccs2)ccc1Cl. The van der Waals surface area contributed by atoms with E-state index in [0.717, 1.165) is 14.7 Å². The molecule has 3 rings (SSSR count). The van der Waals surface area contributed by atoms with Crippen LogP contribution in [0.3, 0.4) is 0 Å². The monoisotopic (exact) mass is 420 g/mol. The lowest BCUT2D eigenvalue weighted by Gasteiger charge is -2.14. The average Bonchev–Trinajstić information content (AvgIpc) is 3.16. The molecule has 3 aromatic rings. The topological polar surface area (TPSA) is 66.5 Å². The molecule has 1 aromatic heterocycles. The second-order valence-electron chi connectivity index (χ2n) is 5.91. The highest BCUT2D eigenvalue weighted by Gasteiger charge is 2.22. The summed E-state index contributed by atoms with van der Waals surface area (Å²) >= 11 is 7.62. The largest absolute Gasteiger partial charge is 0.321 e. The van der Waals surface area contributed by atoms with Crippen LogP contribution >= 0.6 is 22.9 Å². The van der Waals surface area contributed by atoms with Crippen LogP contribution in [0.5, 0.6) is 0 Å². The summed E-state index contributed by atoms with van der Waals surface area (Å²) in [6, 6.07) is 15.6. The molecule has 0 saturated carbocycles. The number of nitrogens with zero attached hydrogens (tertiary/aromatic N) is 1. The number of amides is 1. The molecule has 0 spiro atoms. The first-order chi connectivity index (χ1) is 12.8. The summed E-state index contributed by atoms with van der Waals surface area (Å²) in [4.78, 5) is 13.7. The number of carbonyl (C=O) groups excluding carboxylic acids is 1. The Morgan fingerprint density at radius 2 is 1.81 bits per heavy atom. The Labute approximate surface area is 167 Å². The van der Waals surface area contributed by atoms with E-state index in [2.05, 4.69) is 5.32 Å². The van der Waals surface area contributed by atoms with Gasteiger partial charge < -0.3 is 5.32 Å². The molecule has 1 heterocycles. The molecule has 1 N–H and O–H groups in total. The quantitative estimate of drug-likeness (QED) is 0.657. The van der Waals surface area contributed by atoms with Gasteiger partial charge in [0.15, 0.2) is 0 Å². The maximum Gasteiger partial charge on any atom is 0.255 e. The molecule has 0 aliphatic heterocycles. The van der Waals surface area contributed by atoms with Crippen molar-refractivity contribution in [3.05, 3.63) is 70.6 Å². The first-order valence-corrected chi connectivity index (χ1v) is 10.7. The van der Waals surface area contributed by atoms with Gasteiger partial charge in [-0.15, -0.1) is 11.3 Å². The molecule has 0 bridgehead atoms. The Bertz CT molecular complexity index is 1080. The van der Waals surface area contributed by atoms with Gasteiger partial charge in [0.25, 0.3) is 5.91 Å². The molecule has 140 valence electrons. The van der Waals surface area contributed by atoms with Gasteiger partial charge in [0.05, 0.1) is 5.02 Å². The van der Waals surface area contributed by atoms with Crippen molar-refractivity contribution >= 4 is 44.6 Å². The van der Waals surface area contributed by atoms with Crippen LogP contribution in [0.4, 0.5) is 5.69 Å². The number of sulfonamides is 1. The zero-order valence-electron chi connectivity index (χ0n) is 14.6. The zero-order valence-corrected chi connectivity index (χ0v) is 17.0. The van der Waals surface area contributed by atoms with Crippen molar-refractivity contribution in [1.82, 2.24) is 4.31 Å². The summed E-state index contributed by atoms with van der Waals surface area (Å²) in [7, 11) is -0.932. The van der Waals surface area contributed by atoms with Crippen LogP contribution in [0.15, 0.2) is 64.9 Å². The van der Waals surface area contributed by atoms with Gasteiger partial charge in [0.2, 0.25) is 10.0 Å². The first kappa shape index (κ1) is 19.6. The van der Waals surface area contributed by atoms with Gasteiger partial charge in [-0.3, -0.25) is 4.79 Å². The molecule has 0 fully saturated rings. The summed E-state index contributed by atoms with van der Waals surface area (Å²) in [5.74, 6) is -0.411. The molecular formula is C19H17ClN2O3S2. The lowest BCUT2D eigenvalue weighted by atomic mass is 10.1. The number of nitrogens with one attached hydrogen (secondary N) is 1. The fraction of sp³-hybridized carbons (Fsp3) is 0.105. The Balaban J connectivity index is 1.95. The third kappa shape index (κ3) is 4.06. The molecule has 0 aliphatic carbocycles. The molecule has 0 radical (unpaired) electrons. The Hall–Kier alpha value is -2.19. The normalized spacial score (nSPS) is 11.6. The van der Waals surface area contributed by atoms with Crippen molar-refractivity contribution in [2.24, 2.45) is 0 Å². The molecule has 0 atom stereocenters. The van der Waals surface area contributed by atoms with E-state index in [4.69, 9.17) is 11.6 Å². The number of para-hydroxylation sites is 1. The van der Waals surface area contributed by atoms with Crippen molar-refractivity contribution < 1.29 is 13.2 Å². The second-order valence-corrected chi connectivity index (χ2v) is 9.38. The number of carbonyl (C=O) groups is 1. The van der Waals surface area contributed by atoms with Crippen molar-refractivity contribution in [2.75, 3.05) is 19.4 Å². The fourth-order valence-corrected chi connectivity index (χ4v) is 4.63. The summed E-state index contributed by atoms with van der Waals surface area (Å²) < 4.78 is 25.9. The second kappa shape index (κ2) is 7.82. The highest BCUT2D eigenvalue weighted by molar-refractivity contribution is 7.89. The van der Waals surface area contributed by atoms with E-state index < -0.39 is 15.9 Å². The molecule has 0 saturated heterocycles. The number of anilines is 1. The lowest BCUT2D eigenvalue weighted by molar-refractivity contribution is 0.102. The van der Waals surface area contributed by atoms with Gasteiger partial charge in [0, 0.05) is 35.8 Å². The van der Waals surface area contributed by atoms with Crippen molar-refractivity contribution in [3.8, 4) is 10.4 Å². The standard InChI is InChI=1S/C19H17ClN2O3S2/c1-22(2)27(24,25)18-12-13(9-10-15(18)20)19(23)21-16-7-4-3-6-14(16)17-8-5-11-26-17/h3-12H,1-2H3,(H,21,23). The average molecular weight is 421 g/mol. The van der Waals surface area contributed by atoms with E-state index in [-0.39, 0.29) is 15.5 Å². The van der Waals surface area contributed by atoms with Crippen LogP contribution in [0.2, 0.25) is 5.02 Å². The molecule has 5 nitrogen and oxygen atoms in total. The van der Waals surface area contributed by atoms with Gasteiger partial charge in [-0.25, -0.2) is 12.7 Å². The number of halogens is 1. The number of thiophene rings is 1. The van der Waals surface area contributed by atoms with Gasteiger partial charge >= 0.3 is 0 Å². The first-order valence-electron chi connectivity index (χ1n) is 7.97. The summed E-state index contributed by atoms with van der Waals surface area (Å²) in [6.07, 6.45) is 0. The molecule has 2 aromatic carbocycles. The van der Waals surface area contributed by atoms with E-state index in [1.54, 1.807) is 17.4 Å². The van der Waals surface area contributed by atoms with E-state index in [1.165, 1.54) is 32.3 Å². The predicted octanol–water partition coefficient (Wildman–Crippen LogP) is 4.57. The van der Waals surface area contributed by atoms with Gasteiger partial charge in [-0.1, -0.05) is 35.9 Å². The Morgan fingerprint density at radius 1 is 1.07 bits per heavy atom. The number of rotatable bonds is 5. The lowest BCUT2D eigenvalue weighted by Crippen LogP contribution is -2.23. The zero-order chi connectivity index (χ0) is 19.6. The van der Waals surface area contributed by atoms with Crippen LogP contribution in [-0.2, 0) is 10.0 Å². The summed E-state index contributed by atoms with van der Waals surface area (Å²) in [5, 5.41) is 4.89. The molecule has 0 unspecified atom stereocenters. The third-order valence-corrected chi connectivity index (χ3v) is 7.11. The molecular weight excluding hydrogens is 404 g/mol. The summed E-state index contributed by atoms with van der Waals surface area (Å²) in [5.41, 5.74) is 1.76. The highest BCUT2D eigenvalue weighted by atomic mass is 35.5. The van der Waals surface area contributed by atoms with Crippen LogP contribution < -0.4 is 5.32 Å². The minimum atomic E-state index is -3.76. The minimum absolute atomic E-state index is 0.0687. The maximum absolute atomic E-state index is 12.7. The number of hydrogen-bond donors (Lipinski definition) is 1. The summed E-state index contributed by atoms with van der Waals surface area (Å²) in [6.45, 7) is 0. The maximum atomic E-state index is 12.7.